The molecular formula is C17H23ClN2O2S. The molecule has 0 aliphatic carbocycles. The van der Waals surface area contributed by atoms with Gasteiger partial charge in [-0.3, -0.25) is 4.79 Å². The highest BCUT2D eigenvalue weighted by molar-refractivity contribution is 7.10. The Morgan fingerprint density at radius 1 is 1.26 bits per heavy atom. The molecule has 0 fully saturated rings. The van der Waals surface area contributed by atoms with Crippen LogP contribution >= 0.6 is 23.7 Å². The van der Waals surface area contributed by atoms with E-state index >= 15 is 0 Å². The maximum atomic E-state index is 12.5. The molecule has 126 valence electrons. The summed E-state index contributed by atoms with van der Waals surface area (Å²) in [5.74, 6) is -0.123. The van der Waals surface area contributed by atoms with E-state index in [2.05, 4.69) is 0 Å². The molecule has 0 aliphatic heterocycles. The summed E-state index contributed by atoms with van der Waals surface area (Å²) in [6.07, 6.45) is -0.101. The van der Waals surface area contributed by atoms with Gasteiger partial charge in [-0.05, 0) is 23.4 Å². The molecule has 4 nitrogen and oxygen atoms in total. The number of hydrogen-bond donors (Lipinski definition) is 2. The average molecular weight is 355 g/mol. The fourth-order valence-corrected chi connectivity index (χ4v) is 2.93. The first kappa shape index (κ1) is 19.6. The molecule has 1 amide bonds. The second-order valence-electron chi connectivity index (χ2n) is 5.25. The molecule has 3 N–H and O–H groups in total. The largest absolute Gasteiger partial charge is 0.386 e. The van der Waals surface area contributed by atoms with E-state index in [0.717, 1.165) is 10.4 Å². The first-order valence-corrected chi connectivity index (χ1v) is 8.29. The molecule has 1 heterocycles. The minimum absolute atomic E-state index is 0. The molecule has 2 unspecified atom stereocenters. The molecule has 23 heavy (non-hydrogen) atoms. The molecule has 0 bridgehead atoms. The van der Waals surface area contributed by atoms with Gasteiger partial charge in [0.15, 0.2) is 0 Å². The third-order valence-electron chi connectivity index (χ3n) is 3.55. The van der Waals surface area contributed by atoms with E-state index in [-0.39, 0.29) is 24.9 Å². The van der Waals surface area contributed by atoms with Crippen molar-refractivity contribution < 1.29 is 9.90 Å². The van der Waals surface area contributed by atoms with Crippen LogP contribution in [0.15, 0.2) is 47.8 Å². The fraction of sp³-hybridized carbons (Fsp3) is 0.353. The number of carbonyl (C=O) groups is 1. The lowest BCUT2D eigenvalue weighted by molar-refractivity contribution is -0.134. The van der Waals surface area contributed by atoms with Crippen LogP contribution in [0, 0.1) is 0 Å². The van der Waals surface area contributed by atoms with Crippen LogP contribution in [0.25, 0.3) is 0 Å². The molecule has 0 saturated carbocycles. The van der Waals surface area contributed by atoms with Gasteiger partial charge in [0, 0.05) is 11.4 Å². The Kier molecular flexibility index (Phi) is 8.26. The number of thiophene rings is 1. The highest BCUT2D eigenvalue weighted by Gasteiger charge is 2.23. The van der Waals surface area contributed by atoms with Crippen LogP contribution in [0.4, 0.5) is 0 Å². The van der Waals surface area contributed by atoms with Gasteiger partial charge in [0.05, 0.1) is 12.6 Å². The summed E-state index contributed by atoms with van der Waals surface area (Å²) in [5, 5.41) is 12.3. The Morgan fingerprint density at radius 2 is 1.96 bits per heavy atom. The highest BCUT2D eigenvalue weighted by atomic mass is 35.5. The zero-order valence-electron chi connectivity index (χ0n) is 13.1. The third-order valence-corrected chi connectivity index (χ3v) is 4.52. The molecule has 0 saturated heterocycles. The molecule has 1 aromatic carbocycles. The zero-order chi connectivity index (χ0) is 15.9. The lowest BCUT2D eigenvalue weighted by atomic mass is 10.1. The number of nitrogens with zero attached hydrogens (tertiary/aromatic N) is 1. The summed E-state index contributed by atoms with van der Waals surface area (Å²) in [7, 11) is 0. The maximum absolute atomic E-state index is 12.5. The Hall–Kier alpha value is -1.40. The van der Waals surface area contributed by atoms with Crippen LogP contribution in [-0.2, 0) is 11.3 Å². The standard InChI is InChI=1S/C17H22N2O2S.ClH/c1-2-14(18)17(21)19(11-13-7-4-3-5-8-13)12-15(20)16-9-6-10-22-16;/h3-10,14-15,20H,2,11-12,18H2,1H3;1H. The SMILES string of the molecule is CCC(N)C(=O)N(Cc1ccccc1)CC(O)c1cccs1.Cl. The van der Waals surface area contributed by atoms with Gasteiger partial charge in [0.1, 0.15) is 6.10 Å². The van der Waals surface area contributed by atoms with Crippen molar-refractivity contribution >= 4 is 29.7 Å². The summed E-state index contributed by atoms with van der Waals surface area (Å²) in [6.45, 7) is 2.59. The van der Waals surface area contributed by atoms with Crippen molar-refractivity contribution in [3.8, 4) is 0 Å². The summed E-state index contributed by atoms with van der Waals surface area (Å²) in [5.41, 5.74) is 6.92. The van der Waals surface area contributed by atoms with Gasteiger partial charge in [0.25, 0.3) is 0 Å². The number of halogens is 1. The molecule has 1 aromatic heterocycles. The van der Waals surface area contributed by atoms with E-state index in [1.807, 2.05) is 54.8 Å². The predicted octanol–water partition coefficient (Wildman–Crippen LogP) is 2.97. The van der Waals surface area contributed by atoms with E-state index in [1.165, 1.54) is 11.3 Å². The summed E-state index contributed by atoms with van der Waals surface area (Å²) in [4.78, 5) is 15.0. The van der Waals surface area contributed by atoms with Crippen LogP contribution in [0.2, 0.25) is 0 Å². The monoisotopic (exact) mass is 354 g/mol. The quantitative estimate of drug-likeness (QED) is 0.803. The molecule has 2 rings (SSSR count). The Bertz CT molecular complexity index is 578. The van der Waals surface area contributed by atoms with E-state index < -0.39 is 12.1 Å². The summed E-state index contributed by atoms with van der Waals surface area (Å²) in [6, 6.07) is 13.0. The van der Waals surface area contributed by atoms with Gasteiger partial charge in [-0.25, -0.2) is 0 Å². The van der Waals surface area contributed by atoms with E-state index in [9.17, 15) is 9.90 Å². The minimum atomic E-state index is -0.684. The molecule has 0 radical (unpaired) electrons. The molecule has 0 spiro atoms. The molecule has 2 aromatic rings. The number of benzene rings is 1. The zero-order valence-corrected chi connectivity index (χ0v) is 14.7. The van der Waals surface area contributed by atoms with Gasteiger partial charge in [0.2, 0.25) is 5.91 Å². The lowest BCUT2D eigenvalue weighted by Crippen LogP contribution is -2.44. The number of rotatable bonds is 7. The highest BCUT2D eigenvalue weighted by Crippen LogP contribution is 2.21. The first-order chi connectivity index (χ1) is 10.6. The smallest absolute Gasteiger partial charge is 0.239 e. The van der Waals surface area contributed by atoms with Crippen molar-refractivity contribution in [3.63, 3.8) is 0 Å². The number of hydrogen-bond acceptors (Lipinski definition) is 4. The molecule has 0 aliphatic rings. The van der Waals surface area contributed by atoms with Crippen LogP contribution < -0.4 is 5.73 Å². The van der Waals surface area contributed by atoms with Crippen molar-refractivity contribution in [2.75, 3.05) is 6.54 Å². The van der Waals surface area contributed by atoms with E-state index in [1.54, 1.807) is 4.90 Å². The third kappa shape index (κ3) is 5.62. The van der Waals surface area contributed by atoms with Crippen molar-refractivity contribution in [3.05, 3.63) is 58.3 Å². The van der Waals surface area contributed by atoms with Crippen molar-refractivity contribution in [1.82, 2.24) is 4.90 Å². The van der Waals surface area contributed by atoms with Crippen molar-refractivity contribution in [2.45, 2.75) is 32.0 Å². The fourth-order valence-electron chi connectivity index (χ4n) is 2.22. The number of aliphatic hydroxyl groups excluding tert-OH is 1. The van der Waals surface area contributed by atoms with Crippen LogP contribution in [0.5, 0.6) is 0 Å². The normalized spacial score (nSPS) is 13.0. The Labute approximate surface area is 147 Å². The van der Waals surface area contributed by atoms with E-state index in [0.29, 0.717) is 13.0 Å². The number of carbonyl (C=O) groups excluding carboxylic acids is 1. The van der Waals surface area contributed by atoms with Gasteiger partial charge in [-0.15, -0.1) is 23.7 Å². The minimum Gasteiger partial charge on any atom is -0.386 e. The number of nitrogens with two attached hydrogens (primary N) is 1. The topological polar surface area (TPSA) is 66.6 Å². The summed E-state index contributed by atoms with van der Waals surface area (Å²) >= 11 is 1.49. The van der Waals surface area contributed by atoms with Gasteiger partial charge in [-0.2, -0.15) is 0 Å². The number of aliphatic hydroxyl groups is 1. The van der Waals surface area contributed by atoms with Crippen molar-refractivity contribution in [2.24, 2.45) is 5.73 Å². The molecular weight excluding hydrogens is 332 g/mol. The van der Waals surface area contributed by atoms with Crippen molar-refractivity contribution in [1.29, 1.82) is 0 Å². The Balaban J connectivity index is 0.00000264. The van der Waals surface area contributed by atoms with Gasteiger partial charge < -0.3 is 15.7 Å². The second kappa shape index (κ2) is 9.67. The second-order valence-corrected chi connectivity index (χ2v) is 6.23. The predicted molar refractivity (Wildman–Crippen MR) is 96.7 cm³/mol. The van der Waals surface area contributed by atoms with Gasteiger partial charge >= 0.3 is 0 Å². The Morgan fingerprint density at radius 3 is 2.52 bits per heavy atom. The van der Waals surface area contributed by atoms with E-state index in [4.69, 9.17) is 5.73 Å². The average Bonchev–Trinajstić information content (AvgIpc) is 3.08. The first-order valence-electron chi connectivity index (χ1n) is 7.41. The maximum Gasteiger partial charge on any atom is 0.239 e. The molecule has 6 heteroatoms. The lowest BCUT2D eigenvalue weighted by Gasteiger charge is -2.27. The molecule has 2 atom stereocenters. The van der Waals surface area contributed by atoms with Crippen LogP contribution in [0.1, 0.15) is 29.9 Å². The van der Waals surface area contributed by atoms with Crippen LogP contribution in [-0.4, -0.2) is 28.5 Å². The summed E-state index contributed by atoms with van der Waals surface area (Å²) < 4.78 is 0. The number of amides is 1. The van der Waals surface area contributed by atoms with Gasteiger partial charge in [-0.1, -0.05) is 43.3 Å². The van der Waals surface area contributed by atoms with Crippen LogP contribution in [0.3, 0.4) is 0 Å².